The Morgan fingerprint density at radius 2 is 2.24 bits per heavy atom. The zero-order valence-electron chi connectivity index (χ0n) is 10.2. The maximum Gasteiger partial charge on any atom is 0.151 e. The van der Waals surface area contributed by atoms with Crippen LogP contribution >= 0.6 is 0 Å². The predicted octanol–water partition coefficient (Wildman–Crippen LogP) is 2.56. The first-order chi connectivity index (χ1) is 8.22. The molecule has 0 aliphatic heterocycles. The lowest BCUT2D eigenvalue weighted by atomic mass is 10.2. The summed E-state index contributed by atoms with van der Waals surface area (Å²) in [7, 11) is 0. The summed E-state index contributed by atoms with van der Waals surface area (Å²) in [5.74, 6) is 0. The molecule has 2 rings (SSSR count). The number of carbonyl (C=O) groups excluding carboxylic acids is 1. The second-order valence-electron chi connectivity index (χ2n) is 4.21. The second kappa shape index (κ2) is 4.95. The summed E-state index contributed by atoms with van der Waals surface area (Å²) >= 11 is 0. The summed E-state index contributed by atoms with van der Waals surface area (Å²) in [6.45, 7) is 4.90. The van der Waals surface area contributed by atoms with Crippen molar-refractivity contribution in [2.75, 3.05) is 0 Å². The number of hydrogen-bond acceptors (Lipinski definition) is 2. The molecule has 0 aliphatic rings. The smallest absolute Gasteiger partial charge is 0.151 e. The zero-order chi connectivity index (χ0) is 12.3. The van der Waals surface area contributed by atoms with Gasteiger partial charge in [0.15, 0.2) is 6.29 Å². The largest absolute Gasteiger partial charge is 0.348 e. The van der Waals surface area contributed by atoms with E-state index in [1.165, 1.54) is 5.56 Å². The quantitative estimate of drug-likeness (QED) is 0.754. The molecular formula is C14H16N2O. The molecule has 0 radical (unpaired) electrons. The highest BCUT2D eigenvalue weighted by Gasteiger charge is 2.07. The molecular weight excluding hydrogens is 212 g/mol. The molecule has 0 saturated carbocycles. The molecule has 3 nitrogen and oxygen atoms in total. The zero-order valence-corrected chi connectivity index (χ0v) is 10.2. The van der Waals surface area contributed by atoms with Crippen molar-refractivity contribution in [1.29, 1.82) is 0 Å². The minimum absolute atomic E-state index is 0.786. The maximum atomic E-state index is 10.8. The topological polar surface area (TPSA) is 34.9 Å². The Balaban J connectivity index is 2.14. The van der Waals surface area contributed by atoms with Crippen LogP contribution in [0.15, 0.2) is 30.6 Å². The van der Waals surface area contributed by atoms with Crippen LogP contribution in [0.1, 0.15) is 27.3 Å². The van der Waals surface area contributed by atoms with E-state index in [2.05, 4.69) is 15.6 Å². The normalized spacial score (nSPS) is 10.5. The number of aromatic nitrogens is 2. The Kier molecular flexibility index (Phi) is 3.38. The van der Waals surface area contributed by atoms with Gasteiger partial charge in [-0.15, -0.1) is 0 Å². The first-order valence-corrected chi connectivity index (χ1v) is 5.73. The summed E-state index contributed by atoms with van der Waals surface area (Å²) in [5, 5.41) is 0. The summed E-state index contributed by atoms with van der Waals surface area (Å²) < 4.78 is 2.18. The van der Waals surface area contributed by atoms with Crippen LogP contribution in [0.2, 0.25) is 0 Å². The van der Waals surface area contributed by atoms with Crippen molar-refractivity contribution in [1.82, 2.24) is 9.55 Å². The minimum atomic E-state index is 0.786. The van der Waals surface area contributed by atoms with Gasteiger partial charge >= 0.3 is 0 Å². The fourth-order valence-electron chi connectivity index (χ4n) is 2.08. The lowest BCUT2D eigenvalue weighted by Gasteiger charge is -2.09. The van der Waals surface area contributed by atoms with Gasteiger partial charge in [-0.2, -0.15) is 0 Å². The highest BCUT2D eigenvalue weighted by molar-refractivity contribution is 5.77. The molecule has 0 saturated heterocycles. The van der Waals surface area contributed by atoms with Gasteiger partial charge in [-0.3, -0.25) is 9.78 Å². The highest BCUT2D eigenvalue weighted by Crippen LogP contribution is 2.14. The third-order valence-corrected chi connectivity index (χ3v) is 3.09. The van der Waals surface area contributed by atoms with E-state index >= 15 is 0 Å². The summed E-state index contributed by atoms with van der Waals surface area (Å²) in [6, 6.07) is 5.95. The van der Waals surface area contributed by atoms with Crippen LogP contribution in [0, 0.1) is 13.8 Å². The van der Waals surface area contributed by atoms with Crippen LogP contribution in [-0.2, 0) is 13.0 Å². The molecule has 2 heterocycles. The van der Waals surface area contributed by atoms with E-state index < -0.39 is 0 Å². The molecule has 0 fully saturated rings. The van der Waals surface area contributed by atoms with Crippen LogP contribution in [0.5, 0.6) is 0 Å². The first kappa shape index (κ1) is 11.6. The predicted molar refractivity (Wildman–Crippen MR) is 67.2 cm³/mol. The molecule has 0 aliphatic carbocycles. The fourth-order valence-corrected chi connectivity index (χ4v) is 2.08. The number of carbonyl (C=O) groups is 1. The van der Waals surface area contributed by atoms with E-state index in [1.54, 1.807) is 6.20 Å². The standard InChI is InChI=1S/C14H16N2O/c1-11-8-14(10-17)12(2)16(11)7-5-13-4-3-6-15-9-13/h3-4,6,8-10H,5,7H2,1-2H3. The van der Waals surface area contributed by atoms with E-state index in [0.717, 1.165) is 36.2 Å². The van der Waals surface area contributed by atoms with Crippen molar-refractivity contribution < 1.29 is 4.79 Å². The molecule has 0 bridgehead atoms. The maximum absolute atomic E-state index is 10.8. The Morgan fingerprint density at radius 1 is 1.41 bits per heavy atom. The average molecular weight is 228 g/mol. The molecule has 0 spiro atoms. The number of nitrogens with zero attached hydrogens (tertiary/aromatic N) is 2. The Labute approximate surface area is 101 Å². The van der Waals surface area contributed by atoms with E-state index in [4.69, 9.17) is 0 Å². The number of aryl methyl sites for hydroxylation is 2. The Hall–Kier alpha value is -1.90. The molecule has 88 valence electrons. The summed E-state index contributed by atoms with van der Waals surface area (Å²) in [5.41, 5.74) is 4.18. The number of pyridine rings is 1. The van der Waals surface area contributed by atoms with E-state index in [9.17, 15) is 4.79 Å². The van der Waals surface area contributed by atoms with Gasteiger partial charge in [-0.1, -0.05) is 6.07 Å². The van der Waals surface area contributed by atoms with Crippen molar-refractivity contribution in [3.05, 3.63) is 53.1 Å². The number of rotatable bonds is 4. The molecule has 0 N–H and O–H groups in total. The van der Waals surface area contributed by atoms with Crippen molar-refractivity contribution in [3.63, 3.8) is 0 Å². The van der Waals surface area contributed by atoms with Crippen LogP contribution < -0.4 is 0 Å². The Bertz CT molecular complexity index is 515. The Morgan fingerprint density at radius 3 is 2.82 bits per heavy atom. The molecule has 0 atom stereocenters. The SMILES string of the molecule is Cc1cc(C=O)c(C)n1CCc1cccnc1. The van der Waals surface area contributed by atoms with Gasteiger partial charge in [-0.25, -0.2) is 0 Å². The molecule has 2 aromatic heterocycles. The van der Waals surface area contributed by atoms with Crippen LogP contribution in [0.3, 0.4) is 0 Å². The minimum Gasteiger partial charge on any atom is -0.348 e. The molecule has 3 heteroatoms. The lowest BCUT2D eigenvalue weighted by Crippen LogP contribution is -2.05. The number of aldehydes is 1. The van der Waals surface area contributed by atoms with Gasteiger partial charge in [0.1, 0.15) is 0 Å². The lowest BCUT2D eigenvalue weighted by molar-refractivity contribution is 0.112. The fraction of sp³-hybridized carbons (Fsp3) is 0.286. The van der Waals surface area contributed by atoms with Crippen molar-refractivity contribution in [2.45, 2.75) is 26.8 Å². The van der Waals surface area contributed by atoms with Crippen molar-refractivity contribution >= 4 is 6.29 Å². The summed E-state index contributed by atoms with van der Waals surface area (Å²) in [4.78, 5) is 14.9. The van der Waals surface area contributed by atoms with Gasteiger partial charge in [0, 0.05) is 35.9 Å². The first-order valence-electron chi connectivity index (χ1n) is 5.73. The van der Waals surface area contributed by atoms with Crippen LogP contribution in [0.25, 0.3) is 0 Å². The van der Waals surface area contributed by atoms with Gasteiger partial charge < -0.3 is 4.57 Å². The molecule has 2 aromatic rings. The summed E-state index contributed by atoms with van der Waals surface area (Å²) in [6.07, 6.45) is 5.51. The van der Waals surface area contributed by atoms with Gasteiger partial charge in [0.2, 0.25) is 0 Å². The molecule has 0 amide bonds. The highest BCUT2D eigenvalue weighted by atomic mass is 16.1. The van der Waals surface area contributed by atoms with E-state index in [-0.39, 0.29) is 0 Å². The van der Waals surface area contributed by atoms with Crippen molar-refractivity contribution in [3.8, 4) is 0 Å². The van der Waals surface area contributed by atoms with Gasteiger partial charge in [0.25, 0.3) is 0 Å². The third kappa shape index (κ3) is 2.44. The molecule has 17 heavy (non-hydrogen) atoms. The van der Waals surface area contributed by atoms with Gasteiger partial charge in [0.05, 0.1) is 0 Å². The second-order valence-corrected chi connectivity index (χ2v) is 4.21. The number of hydrogen-bond donors (Lipinski definition) is 0. The van der Waals surface area contributed by atoms with Gasteiger partial charge in [-0.05, 0) is 38.0 Å². The molecule has 0 unspecified atom stereocenters. The van der Waals surface area contributed by atoms with E-state index in [0.29, 0.717) is 0 Å². The third-order valence-electron chi connectivity index (χ3n) is 3.09. The molecule has 0 aromatic carbocycles. The van der Waals surface area contributed by atoms with Crippen molar-refractivity contribution in [2.24, 2.45) is 0 Å². The van der Waals surface area contributed by atoms with Crippen LogP contribution in [0.4, 0.5) is 0 Å². The average Bonchev–Trinajstić information content (AvgIpc) is 2.63. The van der Waals surface area contributed by atoms with Crippen LogP contribution in [-0.4, -0.2) is 15.8 Å². The monoisotopic (exact) mass is 228 g/mol. The van der Waals surface area contributed by atoms with E-state index in [1.807, 2.05) is 32.2 Å².